The summed E-state index contributed by atoms with van der Waals surface area (Å²) < 4.78 is 10.3. The maximum Gasteiger partial charge on any atom is 0.408 e. The van der Waals surface area contributed by atoms with Crippen LogP contribution in [0.15, 0.2) is 54.6 Å². The Bertz CT molecular complexity index is 803. The number of carbonyl (C=O) groups excluding carboxylic acids is 2. The number of ether oxygens (including phenoxy) is 2. The minimum absolute atomic E-state index is 0.00312. The Morgan fingerprint density at radius 3 is 2.37 bits per heavy atom. The van der Waals surface area contributed by atoms with E-state index in [0.717, 1.165) is 5.56 Å². The molecule has 0 aliphatic carbocycles. The molecular weight excluding hydrogens is 350 g/mol. The van der Waals surface area contributed by atoms with Gasteiger partial charge in [-0.1, -0.05) is 50.2 Å². The van der Waals surface area contributed by atoms with Crippen molar-refractivity contribution in [2.45, 2.75) is 26.5 Å². The number of hydrogen-bond donors (Lipinski definition) is 2. The van der Waals surface area contributed by atoms with E-state index in [1.165, 1.54) is 24.3 Å². The SMILES string of the molecule is CC(C)C(NC(=O)OCc1ccccc1)C(=O)Oc1cccc(C(=O)O)c1. The van der Waals surface area contributed by atoms with Gasteiger partial charge in [-0.2, -0.15) is 0 Å². The van der Waals surface area contributed by atoms with Crippen LogP contribution < -0.4 is 10.1 Å². The molecule has 1 atom stereocenters. The topological polar surface area (TPSA) is 102 Å². The van der Waals surface area contributed by atoms with Crippen molar-refractivity contribution in [3.8, 4) is 5.75 Å². The van der Waals surface area contributed by atoms with Crippen molar-refractivity contribution in [3.63, 3.8) is 0 Å². The zero-order valence-corrected chi connectivity index (χ0v) is 15.0. The fourth-order valence-corrected chi connectivity index (χ4v) is 2.26. The predicted octanol–water partition coefficient (Wildman–Crippen LogP) is 3.24. The number of benzene rings is 2. The maximum absolute atomic E-state index is 12.4. The summed E-state index contributed by atoms with van der Waals surface area (Å²) in [5, 5.41) is 11.5. The van der Waals surface area contributed by atoms with Crippen LogP contribution in [0.4, 0.5) is 4.79 Å². The Labute approximate surface area is 156 Å². The van der Waals surface area contributed by atoms with Crippen LogP contribution in [0, 0.1) is 5.92 Å². The maximum atomic E-state index is 12.4. The van der Waals surface area contributed by atoms with Gasteiger partial charge >= 0.3 is 18.0 Å². The number of amides is 1. The Morgan fingerprint density at radius 2 is 1.74 bits per heavy atom. The van der Waals surface area contributed by atoms with Gasteiger partial charge in [-0.3, -0.25) is 0 Å². The van der Waals surface area contributed by atoms with E-state index in [0.29, 0.717) is 0 Å². The molecule has 7 heteroatoms. The molecule has 0 aliphatic rings. The smallest absolute Gasteiger partial charge is 0.408 e. The molecule has 2 N–H and O–H groups in total. The summed E-state index contributed by atoms with van der Waals surface area (Å²) in [7, 11) is 0. The Kier molecular flexibility index (Phi) is 6.93. The van der Waals surface area contributed by atoms with E-state index in [1.54, 1.807) is 13.8 Å². The lowest BCUT2D eigenvalue weighted by molar-refractivity contribution is -0.137. The van der Waals surface area contributed by atoms with Gasteiger partial charge in [0, 0.05) is 0 Å². The molecule has 2 rings (SSSR count). The van der Waals surface area contributed by atoms with E-state index in [1.807, 2.05) is 30.3 Å². The van der Waals surface area contributed by atoms with Gasteiger partial charge in [0.1, 0.15) is 18.4 Å². The molecule has 0 heterocycles. The summed E-state index contributed by atoms with van der Waals surface area (Å²) in [4.78, 5) is 35.4. The molecule has 0 saturated heterocycles. The summed E-state index contributed by atoms with van der Waals surface area (Å²) in [5.74, 6) is -2.01. The average Bonchev–Trinajstić information content (AvgIpc) is 2.65. The fraction of sp³-hybridized carbons (Fsp3) is 0.250. The number of carboxylic acid groups (broad SMARTS) is 1. The molecule has 0 aromatic heterocycles. The van der Waals surface area contributed by atoms with E-state index in [2.05, 4.69) is 5.32 Å². The van der Waals surface area contributed by atoms with Crippen LogP contribution in [-0.2, 0) is 16.1 Å². The summed E-state index contributed by atoms with van der Waals surface area (Å²) in [6.07, 6.45) is -0.742. The third-order valence-corrected chi connectivity index (χ3v) is 3.71. The van der Waals surface area contributed by atoms with E-state index in [-0.39, 0.29) is 23.8 Å². The first-order valence-electron chi connectivity index (χ1n) is 8.39. The van der Waals surface area contributed by atoms with Crippen LogP contribution in [0.1, 0.15) is 29.8 Å². The van der Waals surface area contributed by atoms with Crippen molar-refractivity contribution in [3.05, 3.63) is 65.7 Å². The molecule has 0 fully saturated rings. The fourth-order valence-electron chi connectivity index (χ4n) is 2.26. The number of carboxylic acids is 1. The highest BCUT2D eigenvalue weighted by Gasteiger charge is 2.27. The normalized spacial score (nSPS) is 11.5. The molecule has 0 aliphatic heterocycles. The van der Waals surface area contributed by atoms with Gasteiger partial charge in [-0.25, -0.2) is 14.4 Å². The Hall–Kier alpha value is -3.35. The highest BCUT2D eigenvalue weighted by atomic mass is 16.6. The van der Waals surface area contributed by atoms with Gasteiger partial charge < -0.3 is 19.9 Å². The zero-order valence-electron chi connectivity index (χ0n) is 15.0. The van der Waals surface area contributed by atoms with Gasteiger partial charge in [0.05, 0.1) is 5.56 Å². The first-order chi connectivity index (χ1) is 12.9. The molecule has 0 spiro atoms. The molecule has 2 aromatic carbocycles. The summed E-state index contributed by atoms with van der Waals surface area (Å²) in [5.41, 5.74) is 0.818. The minimum atomic E-state index is -1.13. The average molecular weight is 371 g/mol. The van der Waals surface area contributed by atoms with Crippen LogP contribution in [-0.4, -0.2) is 29.2 Å². The number of esters is 1. The molecule has 142 valence electrons. The Morgan fingerprint density at radius 1 is 1.04 bits per heavy atom. The highest BCUT2D eigenvalue weighted by molar-refractivity contribution is 5.88. The third kappa shape index (κ3) is 6.14. The predicted molar refractivity (Wildman–Crippen MR) is 97.4 cm³/mol. The van der Waals surface area contributed by atoms with E-state index < -0.39 is 24.1 Å². The van der Waals surface area contributed by atoms with Crippen molar-refractivity contribution in [1.82, 2.24) is 5.32 Å². The number of hydrogen-bond acceptors (Lipinski definition) is 5. The van der Waals surface area contributed by atoms with Crippen molar-refractivity contribution >= 4 is 18.0 Å². The molecule has 2 aromatic rings. The molecule has 0 bridgehead atoms. The molecule has 0 radical (unpaired) electrons. The van der Waals surface area contributed by atoms with E-state index in [9.17, 15) is 14.4 Å². The second-order valence-corrected chi connectivity index (χ2v) is 6.18. The molecular formula is C20H21NO6. The summed E-state index contributed by atoms with van der Waals surface area (Å²) in [6.45, 7) is 3.57. The lowest BCUT2D eigenvalue weighted by Gasteiger charge is -2.20. The van der Waals surface area contributed by atoms with Crippen molar-refractivity contribution < 1.29 is 29.0 Å². The molecule has 1 amide bonds. The van der Waals surface area contributed by atoms with Gasteiger partial charge in [0.2, 0.25) is 0 Å². The van der Waals surface area contributed by atoms with Crippen LogP contribution in [0.3, 0.4) is 0 Å². The van der Waals surface area contributed by atoms with E-state index >= 15 is 0 Å². The van der Waals surface area contributed by atoms with Crippen LogP contribution in [0.25, 0.3) is 0 Å². The summed E-state index contributed by atoms with van der Waals surface area (Å²) in [6, 6.07) is 13.8. The highest BCUT2D eigenvalue weighted by Crippen LogP contribution is 2.15. The quantitative estimate of drug-likeness (QED) is 0.572. The largest absolute Gasteiger partial charge is 0.478 e. The van der Waals surface area contributed by atoms with Gasteiger partial charge in [-0.05, 0) is 29.7 Å². The lowest BCUT2D eigenvalue weighted by atomic mass is 10.1. The zero-order chi connectivity index (χ0) is 19.8. The van der Waals surface area contributed by atoms with Gasteiger partial charge in [-0.15, -0.1) is 0 Å². The summed E-state index contributed by atoms with van der Waals surface area (Å²) >= 11 is 0. The third-order valence-electron chi connectivity index (χ3n) is 3.71. The second kappa shape index (κ2) is 9.38. The van der Waals surface area contributed by atoms with Gasteiger partial charge in [0.15, 0.2) is 0 Å². The standard InChI is InChI=1S/C20H21NO6/c1-13(2)17(21-20(25)26-12-14-7-4-3-5-8-14)19(24)27-16-10-6-9-15(11-16)18(22)23/h3-11,13,17H,12H2,1-2H3,(H,21,25)(H,22,23). The monoisotopic (exact) mass is 371 g/mol. The number of nitrogens with one attached hydrogen (secondary N) is 1. The molecule has 0 saturated carbocycles. The van der Waals surface area contributed by atoms with Crippen molar-refractivity contribution in [1.29, 1.82) is 0 Å². The van der Waals surface area contributed by atoms with E-state index in [4.69, 9.17) is 14.6 Å². The van der Waals surface area contributed by atoms with Crippen LogP contribution in [0.5, 0.6) is 5.75 Å². The van der Waals surface area contributed by atoms with Crippen LogP contribution >= 0.6 is 0 Å². The molecule has 7 nitrogen and oxygen atoms in total. The number of aromatic carboxylic acids is 1. The number of rotatable bonds is 7. The second-order valence-electron chi connectivity index (χ2n) is 6.18. The van der Waals surface area contributed by atoms with Gasteiger partial charge in [0.25, 0.3) is 0 Å². The van der Waals surface area contributed by atoms with Crippen molar-refractivity contribution in [2.24, 2.45) is 5.92 Å². The first kappa shape index (κ1) is 20.0. The number of carbonyl (C=O) groups is 3. The molecule has 1 unspecified atom stereocenters. The first-order valence-corrected chi connectivity index (χ1v) is 8.39. The van der Waals surface area contributed by atoms with Crippen molar-refractivity contribution in [2.75, 3.05) is 0 Å². The lowest BCUT2D eigenvalue weighted by Crippen LogP contribution is -2.46. The minimum Gasteiger partial charge on any atom is -0.478 e. The molecule has 27 heavy (non-hydrogen) atoms. The van der Waals surface area contributed by atoms with Crippen LogP contribution in [0.2, 0.25) is 0 Å². The number of alkyl carbamates (subject to hydrolysis) is 1. The Balaban J connectivity index is 1.97.